The van der Waals surface area contributed by atoms with Gasteiger partial charge < -0.3 is 20.7 Å². The highest BCUT2D eigenvalue weighted by molar-refractivity contribution is 7.98. The maximum absolute atomic E-state index is 12.6. The Labute approximate surface area is 178 Å². The molecule has 3 N–H and O–H groups in total. The van der Waals surface area contributed by atoms with Crippen LogP contribution in [0.15, 0.2) is 24.3 Å². The van der Waals surface area contributed by atoms with Crippen LogP contribution in [-0.4, -0.2) is 59.0 Å². The second-order valence-electron chi connectivity index (χ2n) is 6.20. The van der Waals surface area contributed by atoms with Crippen LogP contribution in [0.5, 0.6) is 0 Å². The topological polar surface area (TPSA) is 123 Å². The standard InChI is InChI=1S/C18H23ClN6O3S/c1-25(2)18-23-14(22-17(20)24-18)10-28-16(27)13(8-9-29-3)21-15(26)11-6-4-5-7-12(11)19/h4-7,13H,8-10H2,1-3H3,(H,21,26)(H2,20,22,23,24). The lowest BCUT2D eigenvalue weighted by Gasteiger charge is -2.18. The van der Waals surface area contributed by atoms with Gasteiger partial charge in [0.05, 0.1) is 10.6 Å². The van der Waals surface area contributed by atoms with Crippen LogP contribution >= 0.6 is 23.4 Å². The van der Waals surface area contributed by atoms with E-state index in [1.807, 2.05) is 6.26 Å². The maximum atomic E-state index is 12.6. The van der Waals surface area contributed by atoms with Gasteiger partial charge in [0.15, 0.2) is 12.4 Å². The number of rotatable bonds is 9. The van der Waals surface area contributed by atoms with Crippen LogP contribution < -0.4 is 16.0 Å². The van der Waals surface area contributed by atoms with Crippen molar-refractivity contribution in [3.05, 3.63) is 40.7 Å². The molecule has 0 aliphatic heterocycles. The van der Waals surface area contributed by atoms with Gasteiger partial charge in [-0.15, -0.1) is 0 Å². The Morgan fingerprint density at radius 1 is 1.28 bits per heavy atom. The summed E-state index contributed by atoms with van der Waals surface area (Å²) in [6.45, 7) is -0.190. The first kappa shape index (κ1) is 22.7. The number of carbonyl (C=O) groups excluding carboxylic acids is 2. The van der Waals surface area contributed by atoms with Gasteiger partial charge in [0.1, 0.15) is 6.04 Å². The highest BCUT2D eigenvalue weighted by Crippen LogP contribution is 2.15. The minimum atomic E-state index is -0.835. The molecular formula is C18H23ClN6O3S. The summed E-state index contributed by atoms with van der Waals surface area (Å²) in [4.78, 5) is 38.9. The quantitative estimate of drug-likeness (QED) is 0.563. The van der Waals surface area contributed by atoms with Gasteiger partial charge in [0, 0.05) is 14.1 Å². The van der Waals surface area contributed by atoms with Crippen molar-refractivity contribution in [2.45, 2.75) is 19.1 Å². The molecule has 1 aromatic carbocycles. The van der Waals surface area contributed by atoms with Gasteiger partial charge in [-0.1, -0.05) is 23.7 Å². The second kappa shape index (κ2) is 10.8. The van der Waals surface area contributed by atoms with Crippen LogP contribution in [0, 0.1) is 0 Å². The molecule has 1 atom stereocenters. The van der Waals surface area contributed by atoms with Crippen LogP contribution in [0.1, 0.15) is 22.6 Å². The number of anilines is 2. The number of nitrogens with two attached hydrogens (primary N) is 1. The van der Waals surface area contributed by atoms with Crippen molar-refractivity contribution in [3.8, 4) is 0 Å². The van der Waals surface area contributed by atoms with Crippen LogP contribution in [0.4, 0.5) is 11.9 Å². The maximum Gasteiger partial charge on any atom is 0.329 e. The van der Waals surface area contributed by atoms with E-state index in [2.05, 4.69) is 20.3 Å². The number of nitrogen functional groups attached to an aromatic ring is 1. The van der Waals surface area contributed by atoms with E-state index in [0.717, 1.165) is 0 Å². The average molecular weight is 439 g/mol. The van der Waals surface area contributed by atoms with Crippen LogP contribution in [0.2, 0.25) is 5.02 Å². The van der Waals surface area contributed by atoms with E-state index in [1.165, 1.54) is 0 Å². The summed E-state index contributed by atoms with van der Waals surface area (Å²) in [6, 6.07) is 5.79. The van der Waals surface area contributed by atoms with E-state index in [0.29, 0.717) is 23.1 Å². The van der Waals surface area contributed by atoms with Gasteiger partial charge >= 0.3 is 5.97 Å². The van der Waals surface area contributed by atoms with Crippen molar-refractivity contribution in [2.24, 2.45) is 0 Å². The van der Waals surface area contributed by atoms with Gasteiger partial charge in [0.2, 0.25) is 11.9 Å². The van der Waals surface area contributed by atoms with Crippen molar-refractivity contribution in [2.75, 3.05) is 36.7 Å². The molecule has 2 aromatic rings. The van der Waals surface area contributed by atoms with E-state index in [9.17, 15) is 9.59 Å². The molecule has 11 heteroatoms. The molecule has 0 saturated heterocycles. The summed E-state index contributed by atoms with van der Waals surface area (Å²) in [6.07, 6.45) is 2.31. The highest BCUT2D eigenvalue weighted by Gasteiger charge is 2.24. The van der Waals surface area contributed by atoms with Crippen LogP contribution in [-0.2, 0) is 16.1 Å². The fourth-order valence-electron chi connectivity index (χ4n) is 2.29. The molecule has 1 amide bonds. The number of nitrogens with one attached hydrogen (secondary N) is 1. The Hall–Kier alpha value is -2.59. The number of amides is 1. The number of nitrogens with zero attached hydrogens (tertiary/aromatic N) is 4. The molecule has 0 fully saturated rings. The summed E-state index contributed by atoms with van der Waals surface area (Å²) in [7, 11) is 3.51. The molecule has 2 rings (SSSR count). The summed E-state index contributed by atoms with van der Waals surface area (Å²) >= 11 is 7.62. The van der Waals surface area contributed by atoms with Crippen molar-refractivity contribution < 1.29 is 14.3 Å². The monoisotopic (exact) mass is 438 g/mol. The van der Waals surface area contributed by atoms with E-state index in [1.54, 1.807) is 55.0 Å². The Bertz CT molecular complexity index is 867. The molecule has 1 heterocycles. The number of benzene rings is 1. The Kier molecular flexibility index (Phi) is 8.47. The van der Waals surface area contributed by atoms with Crippen LogP contribution in [0.25, 0.3) is 0 Å². The predicted octanol–water partition coefficient (Wildman–Crippen LogP) is 1.77. The normalized spacial score (nSPS) is 11.6. The largest absolute Gasteiger partial charge is 0.456 e. The first-order valence-corrected chi connectivity index (χ1v) is 10.5. The number of aromatic nitrogens is 3. The molecule has 0 aliphatic rings. The SMILES string of the molecule is CSCCC(NC(=O)c1ccccc1Cl)C(=O)OCc1nc(N)nc(N(C)C)n1. The van der Waals surface area contributed by atoms with E-state index in [4.69, 9.17) is 22.1 Å². The van der Waals surface area contributed by atoms with Crippen molar-refractivity contribution in [1.29, 1.82) is 0 Å². The minimum Gasteiger partial charge on any atom is -0.456 e. The van der Waals surface area contributed by atoms with Crippen molar-refractivity contribution >= 4 is 47.1 Å². The smallest absolute Gasteiger partial charge is 0.329 e. The molecule has 0 saturated carbocycles. The number of ether oxygens (including phenoxy) is 1. The van der Waals surface area contributed by atoms with Crippen molar-refractivity contribution in [1.82, 2.24) is 20.3 Å². The fourth-order valence-corrected chi connectivity index (χ4v) is 2.98. The third-order valence-electron chi connectivity index (χ3n) is 3.75. The molecule has 9 nitrogen and oxygen atoms in total. The number of thioether (sulfide) groups is 1. The second-order valence-corrected chi connectivity index (χ2v) is 7.59. The number of hydrogen-bond acceptors (Lipinski definition) is 9. The number of hydrogen-bond donors (Lipinski definition) is 2. The molecule has 29 heavy (non-hydrogen) atoms. The summed E-state index contributed by atoms with van der Waals surface area (Å²) in [5.41, 5.74) is 5.96. The number of halogens is 1. The fraction of sp³-hybridized carbons (Fsp3) is 0.389. The molecule has 1 aromatic heterocycles. The van der Waals surface area contributed by atoms with Gasteiger partial charge in [-0.25, -0.2) is 4.79 Å². The first-order chi connectivity index (χ1) is 13.8. The molecule has 1 unspecified atom stereocenters. The lowest BCUT2D eigenvalue weighted by atomic mass is 10.1. The van der Waals surface area contributed by atoms with E-state index < -0.39 is 17.9 Å². The third kappa shape index (κ3) is 6.75. The zero-order chi connectivity index (χ0) is 21.4. The summed E-state index contributed by atoms with van der Waals surface area (Å²) in [5.74, 6) is 0.222. The van der Waals surface area contributed by atoms with Crippen LogP contribution in [0.3, 0.4) is 0 Å². The molecular weight excluding hydrogens is 416 g/mol. The predicted molar refractivity (Wildman–Crippen MR) is 114 cm³/mol. The number of esters is 1. The number of carbonyl (C=O) groups is 2. The molecule has 0 radical (unpaired) electrons. The van der Waals surface area contributed by atoms with E-state index in [-0.39, 0.29) is 23.9 Å². The first-order valence-electron chi connectivity index (χ1n) is 8.70. The molecule has 0 aliphatic carbocycles. The molecule has 0 bridgehead atoms. The zero-order valence-electron chi connectivity index (χ0n) is 16.4. The van der Waals surface area contributed by atoms with Gasteiger partial charge in [-0.3, -0.25) is 4.79 Å². The lowest BCUT2D eigenvalue weighted by molar-refractivity contribution is -0.147. The molecule has 156 valence electrons. The Morgan fingerprint density at radius 2 is 2.00 bits per heavy atom. The Morgan fingerprint density at radius 3 is 2.66 bits per heavy atom. The van der Waals surface area contributed by atoms with Gasteiger partial charge in [0.25, 0.3) is 5.91 Å². The molecule has 0 spiro atoms. The zero-order valence-corrected chi connectivity index (χ0v) is 18.0. The summed E-state index contributed by atoms with van der Waals surface area (Å²) in [5, 5.41) is 2.99. The summed E-state index contributed by atoms with van der Waals surface area (Å²) < 4.78 is 5.32. The highest BCUT2D eigenvalue weighted by atomic mass is 35.5. The Balaban J connectivity index is 2.07. The third-order valence-corrected chi connectivity index (χ3v) is 4.72. The minimum absolute atomic E-state index is 0.0284. The average Bonchev–Trinajstić information content (AvgIpc) is 2.69. The van der Waals surface area contributed by atoms with Gasteiger partial charge in [-0.2, -0.15) is 26.7 Å². The lowest BCUT2D eigenvalue weighted by Crippen LogP contribution is -2.42. The van der Waals surface area contributed by atoms with Gasteiger partial charge in [-0.05, 0) is 30.6 Å². The van der Waals surface area contributed by atoms with E-state index >= 15 is 0 Å². The van der Waals surface area contributed by atoms with Crippen molar-refractivity contribution in [3.63, 3.8) is 0 Å².